The van der Waals surface area contributed by atoms with Crippen LogP contribution >= 0.6 is 0 Å². The number of methoxy groups -OCH3 is 1. The van der Waals surface area contributed by atoms with Crippen LogP contribution in [0.3, 0.4) is 0 Å². The summed E-state index contributed by atoms with van der Waals surface area (Å²) in [6, 6.07) is 3.58. The molecule has 1 fully saturated rings. The van der Waals surface area contributed by atoms with Gasteiger partial charge in [0.05, 0.1) is 25.9 Å². The number of nitrogens with zero attached hydrogens (tertiary/aromatic N) is 2. The molecule has 3 rings (SSSR count). The van der Waals surface area contributed by atoms with Gasteiger partial charge in [0.2, 0.25) is 0 Å². The normalized spacial score (nSPS) is 18.0. The second kappa shape index (κ2) is 6.37. The van der Waals surface area contributed by atoms with Gasteiger partial charge in [-0.1, -0.05) is 0 Å². The van der Waals surface area contributed by atoms with Crippen LogP contribution in [0.2, 0.25) is 0 Å². The molecule has 0 unspecified atom stereocenters. The summed E-state index contributed by atoms with van der Waals surface area (Å²) in [4.78, 5) is 22.0. The minimum Gasteiger partial charge on any atom is -0.496 e. The Morgan fingerprint density at radius 2 is 2.35 bits per heavy atom. The first kappa shape index (κ1) is 15.5. The van der Waals surface area contributed by atoms with Gasteiger partial charge in [0.15, 0.2) is 0 Å². The SMILES string of the molecule is COc1ccc(F)cc1C(=O)N1CCOC[C@H]1c1ncc(C)[nH]1. The molecule has 1 aromatic carbocycles. The van der Waals surface area contributed by atoms with Crippen LogP contribution in [0.15, 0.2) is 24.4 Å². The molecular weight excluding hydrogens is 301 g/mol. The number of hydrogen-bond donors (Lipinski definition) is 1. The highest BCUT2D eigenvalue weighted by molar-refractivity contribution is 5.97. The zero-order valence-electron chi connectivity index (χ0n) is 13.0. The van der Waals surface area contributed by atoms with E-state index >= 15 is 0 Å². The fourth-order valence-electron chi connectivity index (χ4n) is 2.68. The Hall–Kier alpha value is -2.41. The molecule has 23 heavy (non-hydrogen) atoms. The molecule has 7 heteroatoms. The van der Waals surface area contributed by atoms with E-state index in [1.807, 2.05) is 6.92 Å². The smallest absolute Gasteiger partial charge is 0.258 e. The van der Waals surface area contributed by atoms with Gasteiger partial charge in [-0.25, -0.2) is 9.37 Å². The number of nitrogens with one attached hydrogen (secondary N) is 1. The Labute approximate surface area is 133 Å². The molecule has 1 amide bonds. The van der Waals surface area contributed by atoms with Gasteiger partial charge >= 0.3 is 0 Å². The summed E-state index contributed by atoms with van der Waals surface area (Å²) < 4.78 is 24.2. The minimum atomic E-state index is -0.479. The van der Waals surface area contributed by atoms with E-state index < -0.39 is 5.82 Å². The van der Waals surface area contributed by atoms with Crippen LogP contribution in [0.1, 0.15) is 27.9 Å². The van der Waals surface area contributed by atoms with E-state index in [4.69, 9.17) is 9.47 Å². The third kappa shape index (κ3) is 3.05. The van der Waals surface area contributed by atoms with Crippen LogP contribution in [0, 0.1) is 12.7 Å². The van der Waals surface area contributed by atoms with Gasteiger partial charge in [0.1, 0.15) is 23.4 Å². The number of aromatic nitrogens is 2. The highest BCUT2D eigenvalue weighted by atomic mass is 19.1. The molecule has 122 valence electrons. The lowest BCUT2D eigenvalue weighted by Gasteiger charge is -2.34. The molecule has 0 bridgehead atoms. The first-order valence-corrected chi connectivity index (χ1v) is 7.34. The molecule has 2 heterocycles. The van der Waals surface area contributed by atoms with Crippen molar-refractivity contribution in [2.45, 2.75) is 13.0 Å². The van der Waals surface area contributed by atoms with Crippen LogP contribution in [-0.2, 0) is 4.74 Å². The lowest BCUT2D eigenvalue weighted by molar-refractivity contribution is -0.00517. The third-order valence-corrected chi connectivity index (χ3v) is 3.82. The fourth-order valence-corrected chi connectivity index (χ4v) is 2.68. The van der Waals surface area contributed by atoms with E-state index in [0.717, 1.165) is 5.69 Å². The molecule has 1 atom stereocenters. The van der Waals surface area contributed by atoms with E-state index in [1.54, 1.807) is 11.1 Å². The largest absolute Gasteiger partial charge is 0.496 e. The lowest BCUT2D eigenvalue weighted by atomic mass is 10.1. The van der Waals surface area contributed by atoms with Crippen molar-refractivity contribution in [3.63, 3.8) is 0 Å². The molecule has 1 N–H and O–H groups in total. The average molecular weight is 319 g/mol. The van der Waals surface area contributed by atoms with Crippen LogP contribution in [0.25, 0.3) is 0 Å². The average Bonchev–Trinajstić information content (AvgIpc) is 3.00. The van der Waals surface area contributed by atoms with Crippen molar-refractivity contribution in [3.05, 3.63) is 47.3 Å². The zero-order chi connectivity index (χ0) is 16.4. The van der Waals surface area contributed by atoms with Crippen molar-refractivity contribution in [2.75, 3.05) is 26.9 Å². The Morgan fingerprint density at radius 3 is 3.04 bits per heavy atom. The lowest BCUT2D eigenvalue weighted by Crippen LogP contribution is -2.44. The Bertz CT molecular complexity index is 716. The second-order valence-corrected chi connectivity index (χ2v) is 5.39. The Kier molecular flexibility index (Phi) is 4.29. The second-order valence-electron chi connectivity index (χ2n) is 5.39. The van der Waals surface area contributed by atoms with Crippen molar-refractivity contribution in [3.8, 4) is 5.75 Å². The Balaban J connectivity index is 1.94. The Morgan fingerprint density at radius 1 is 1.52 bits per heavy atom. The van der Waals surface area contributed by atoms with Crippen molar-refractivity contribution >= 4 is 5.91 Å². The number of hydrogen-bond acceptors (Lipinski definition) is 4. The number of morpholine rings is 1. The van der Waals surface area contributed by atoms with E-state index in [9.17, 15) is 9.18 Å². The summed E-state index contributed by atoms with van der Waals surface area (Å²) in [5.74, 6) is 0.222. The van der Waals surface area contributed by atoms with E-state index in [0.29, 0.717) is 31.3 Å². The highest BCUT2D eigenvalue weighted by Crippen LogP contribution is 2.28. The summed E-state index contributed by atoms with van der Waals surface area (Å²) in [6.45, 7) is 3.07. The van der Waals surface area contributed by atoms with Gasteiger partial charge in [-0.05, 0) is 25.1 Å². The van der Waals surface area contributed by atoms with Gasteiger partial charge in [-0.2, -0.15) is 0 Å². The molecule has 1 aliphatic rings. The molecular formula is C16H18FN3O3. The fraction of sp³-hybridized carbons (Fsp3) is 0.375. The van der Waals surface area contributed by atoms with Crippen LogP contribution in [-0.4, -0.2) is 47.6 Å². The maximum Gasteiger partial charge on any atom is 0.258 e. The summed E-state index contributed by atoms with van der Waals surface area (Å²) in [7, 11) is 1.46. The van der Waals surface area contributed by atoms with Gasteiger partial charge in [0.25, 0.3) is 5.91 Å². The van der Waals surface area contributed by atoms with E-state index in [1.165, 1.54) is 25.3 Å². The van der Waals surface area contributed by atoms with Crippen molar-refractivity contribution < 1.29 is 18.7 Å². The van der Waals surface area contributed by atoms with Crippen molar-refractivity contribution in [1.82, 2.24) is 14.9 Å². The molecule has 2 aromatic rings. The highest BCUT2D eigenvalue weighted by Gasteiger charge is 2.32. The third-order valence-electron chi connectivity index (χ3n) is 3.82. The van der Waals surface area contributed by atoms with Crippen molar-refractivity contribution in [1.29, 1.82) is 0 Å². The summed E-state index contributed by atoms with van der Waals surface area (Å²) >= 11 is 0. The number of H-pyrrole nitrogens is 1. The summed E-state index contributed by atoms with van der Waals surface area (Å²) in [5.41, 5.74) is 1.10. The van der Waals surface area contributed by atoms with Gasteiger partial charge < -0.3 is 19.4 Å². The molecule has 6 nitrogen and oxygen atoms in total. The number of rotatable bonds is 3. The molecule has 0 saturated carbocycles. The summed E-state index contributed by atoms with van der Waals surface area (Å²) in [5, 5.41) is 0. The maximum atomic E-state index is 13.6. The zero-order valence-corrected chi connectivity index (χ0v) is 13.0. The predicted molar refractivity (Wildman–Crippen MR) is 80.9 cm³/mol. The quantitative estimate of drug-likeness (QED) is 0.940. The molecule has 1 aromatic heterocycles. The number of halogens is 1. The number of aromatic amines is 1. The van der Waals surface area contributed by atoms with Gasteiger partial charge in [-0.3, -0.25) is 4.79 Å². The molecule has 1 saturated heterocycles. The number of carbonyl (C=O) groups excluding carboxylic acids is 1. The number of ether oxygens (including phenoxy) is 2. The predicted octanol–water partition coefficient (Wildman–Crippen LogP) is 2.08. The molecule has 0 aliphatic carbocycles. The van der Waals surface area contributed by atoms with Gasteiger partial charge in [-0.15, -0.1) is 0 Å². The van der Waals surface area contributed by atoms with Crippen LogP contribution in [0.5, 0.6) is 5.75 Å². The first-order valence-electron chi connectivity index (χ1n) is 7.34. The number of benzene rings is 1. The van der Waals surface area contributed by atoms with Crippen LogP contribution in [0.4, 0.5) is 4.39 Å². The monoisotopic (exact) mass is 319 g/mol. The minimum absolute atomic E-state index is 0.197. The van der Waals surface area contributed by atoms with E-state index in [2.05, 4.69) is 9.97 Å². The van der Waals surface area contributed by atoms with E-state index in [-0.39, 0.29) is 17.5 Å². The molecule has 0 radical (unpaired) electrons. The topological polar surface area (TPSA) is 67.4 Å². The standard InChI is InChI=1S/C16H18FN3O3/c1-10-8-18-15(19-10)13-9-23-6-5-20(13)16(21)12-7-11(17)3-4-14(12)22-2/h3-4,7-8,13H,5-6,9H2,1-2H3,(H,18,19)/t13-/m0/s1. The van der Waals surface area contributed by atoms with Crippen LogP contribution < -0.4 is 4.74 Å². The number of carbonyl (C=O) groups is 1. The number of aryl methyl sites for hydroxylation is 1. The number of imidazole rings is 1. The maximum absolute atomic E-state index is 13.6. The van der Waals surface area contributed by atoms with Gasteiger partial charge in [0, 0.05) is 18.4 Å². The summed E-state index contributed by atoms with van der Waals surface area (Å²) in [6.07, 6.45) is 1.70. The van der Waals surface area contributed by atoms with Crippen molar-refractivity contribution in [2.24, 2.45) is 0 Å². The molecule has 1 aliphatic heterocycles. The molecule has 0 spiro atoms. The number of amides is 1. The first-order chi connectivity index (χ1) is 11.1.